The second-order valence-corrected chi connectivity index (χ2v) is 7.91. The first-order valence-corrected chi connectivity index (χ1v) is 8.98. The van der Waals surface area contributed by atoms with E-state index in [0.717, 1.165) is 6.54 Å². The van der Waals surface area contributed by atoms with Gasteiger partial charge in [-0.2, -0.15) is 0 Å². The standard InChI is InChI=1S/C15H23NO2S/c1-12-5-3-4-6-15(12)13(9-10-19(2,17)18)11-16-14-7-8-14/h3-6,13-14,16H,7-11H2,1-2H3. The zero-order valence-corrected chi connectivity index (χ0v) is 12.5. The van der Waals surface area contributed by atoms with E-state index in [9.17, 15) is 8.42 Å². The number of hydrogen-bond acceptors (Lipinski definition) is 3. The van der Waals surface area contributed by atoms with E-state index < -0.39 is 9.84 Å². The molecule has 0 amide bonds. The lowest BCUT2D eigenvalue weighted by Crippen LogP contribution is -2.25. The molecule has 1 aromatic carbocycles. The van der Waals surface area contributed by atoms with Gasteiger partial charge in [-0.25, -0.2) is 8.42 Å². The Morgan fingerprint density at radius 1 is 1.32 bits per heavy atom. The second kappa shape index (κ2) is 6.06. The predicted molar refractivity (Wildman–Crippen MR) is 79.3 cm³/mol. The van der Waals surface area contributed by atoms with Gasteiger partial charge in [0.15, 0.2) is 0 Å². The maximum absolute atomic E-state index is 11.4. The Balaban J connectivity index is 2.05. The van der Waals surface area contributed by atoms with Gasteiger partial charge in [0.05, 0.1) is 5.75 Å². The van der Waals surface area contributed by atoms with Gasteiger partial charge < -0.3 is 5.32 Å². The van der Waals surface area contributed by atoms with E-state index in [1.165, 1.54) is 30.2 Å². The van der Waals surface area contributed by atoms with Crippen molar-refractivity contribution in [3.8, 4) is 0 Å². The third kappa shape index (κ3) is 4.96. The molecule has 1 saturated carbocycles. The summed E-state index contributed by atoms with van der Waals surface area (Å²) < 4.78 is 22.8. The van der Waals surface area contributed by atoms with Crippen molar-refractivity contribution in [3.63, 3.8) is 0 Å². The van der Waals surface area contributed by atoms with Crippen molar-refractivity contribution in [2.75, 3.05) is 18.6 Å². The van der Waals surface area contributed by atoms with Crippen LogP contribution in [0.3, 0.4) is 0 Å². The normalized spacial score (nSPS) is 17.4. The summed E-state index contributed by atoms with van der Waals surface area (Å²) in [7, 11) is -2.89. The minimum Gasteiger partial charge on any atom is -0.313 e. The highest BCUT2D eigenvalue weighted by Crippen LogP contribution is 2.25. The summed E-state index contributed by atoms with van der Waals surface area (Å²) in [6, 6.07) is 8.94. The highest BCUT2D eigenvalue weighted by Gasteiger charge is 2.23. The molecule has 0 bridgehead atoms. The first kappa shape index (κ1) is 14.5. The smallest absolute Gasteiger partial charge is 0.147 e. The molecule has 1 aromatic rings. The van der Waals surface area contributed by atoms with Crippen LogP contribution in [0.25, 0.3) is 0 Å². The van der Waals surface area contributed by atoms with Gasteiger partial charge >= 0.3 is 0 Å². The summed E-state index contributed by atoms with van der Waals surface area (Å²) in [5.74, 6) is 0.551. The molecule has 1 unspecified atom stereocenters. The fraction of sp³-hybridized carbons (Fsp3) is 0.600. The lowest BCUT2D eigenvalue weighted by Gasteiger charge is -2.19. The minimum atomic E-state index is -2.89. The Morgan fingerprint density at radius 3 is 2.58 bits per heavy atom. The number of aryl methyl sites for hydroxylation is 1. The van der Waals surface area contributed by atoms with Crippen molar-refractivity contribution in [1.82, 2.24) is 5.32 Å². The molecule has 19 heavy (non-hydrogen) atoms. The monoisotopic (exact) mass is 281 g/mol. The highest BCUT2D eigenvalue weighted by atomic mass is 32.2. The Hall–Kier alpha value is -0.870. The second-order valence-electron chi connectivity index (χ2n) is 5.65. The molecular weight excluding hydrogens is 258 g/mol. The van der Waals surface area contributed by atoms with Crippen LogP contribution in [0.15, 0.2) is 24.3 Å². The molecule has 4 heteroatoms. The van der Waals surface area contributed by atoms with Crippen LogP contribution in [-0.2, 0) is 9.84 Å². The van der Waals surface area contributed by atoms with E-state index in [1.54, 1.807) is 0 Å². The average molecular weight is 281 g/mol. The van der Waals surface area contributed by atoms with Gasteiger partial charge in [0.2, 0.25) is 0 Å². The maximum Gasteiger partial charge on any atom is 0.147 e. The largest absolute Gasteiger partial charge is 0.313 e. The van der Waals surface area contributed by atoms with Gasteiger partial charge in [0, 0.05) is 18.8 Å². The maximum atomic E-state index is 11.4. The van der Waals surface area contributed by atoms with Gasteiger partial charge in [0.25, 0.3) is 0 Å². The van der Waals surface area contributed by atoms with Gasteiger partial charge in [-0.1, -0.05) is 24.3 Å². The lowest BCUT2D eigenvalue weighted by atomic mass is 9.92. The molecule has 0 heterocycles. The number of benzene rings is 1. The topological polar surface area (TPSA) is 46.2 Å². The van der Waals surface area contributed by atoms with E-state index in [1.807, 2.05) is 12.1 Å². The summed E-state index contributed by atoms with van der Waals surface area (Å²) in [6.07, 6.45) is 4.53. The van der Waals surface area contributed by atoms with Crippen molar-refractivity contribution in [2.45, 2.75) is 38.1 Å². The molecule has 0 saturated heterocycles. The minimum absolute atomic E-state index is 0.262. The Kier molecular flexibility index (Phi) is 4.63. The van der Waals surface area contributed by atoms with Crippen LogP contribution >= 0.6 is 0 Å². The molecule has 1 atom stereocenters. The molecule has 1 aliphatic rings. The number of sulfone groups is 1. The molecule has 106 valence electrons. The Labute approximate surface area is 116 Å². The van der Waals surface area contributed by atoms with Crippen LogP contribution in [0.4, 0.5) is 0 Å². The van der Waals surface area contributed by atoms with Crippen molar-refractivity contribution in [1.29, 1.82) is 0 Å². The van der Waals surface area contributed by atoms with E-state index in [2.05, 4.69) is 24.4 Å². The summed E-state index contributed by atoms with van der Waals surface area (Å²) in [6.45, 7) is 2.98. The molecule has 1 fully saturated rings. The highest BCUT2D eigenvalue weighted by molar-refractivity contribution is 7.90. The molecule has 1 aliphatic carbocycles. The zero-order chi connectivity index (χ0) is 13.9. The van der Waals surface area contributed by atoms with Crippen LogP contribution in [0.1, 0.15) is 36.3 Å². The Morgan fingerprint density at radius 2 is 2.00 bits per heavy atom. The number of rotatable bonds is 7. The van der Waals surface area contributed by atoms with Crippen LogP contribution in [0, 0.1) is 6.92 Å². The third-order valence-corrected chi connectivity index (χ3v) is 4.67. The van der Waals surface area contributed by atoms with Crippen LogP contribution < -0.4 is 5.32 Å². The zero-order valence-electron chi connectivity index (χ0n) is 11.7. The van der Waals surface area contributed by atoms with E-state index in [0.29, 0.717) is 12.5 Å². The summed E-state index contributed by atoms with van der Waals surface area (Å²) in [5, 5.41) is 3.52. The van der Waals surface area contributed by atoms with Crippen LogP contribution in [-0.4, -0.2) is 33.0 Å². The van der Waals surface area contributed by atoms with Gasteiger partial charge in [-0.3, -0.25) is 0 Å². The fourth-order valence-electron chi connectivity index (χ4n) is 2.37. The fourth-order valence-corrected chi connectivity index (χ4v) is 3.08. The summed E-state index contributed by atoms with van der Waals surface area (Å²) in [5.41, 5.74) is 2.53. The first-order valence-electron chi connectivity index (χ1n) is 6.92. The molecular formula is C15H23NO2S. The molecule has 0 radical (unpaired) electrons. The molecule has 0 aliphatic heterocycles. The van der Waals surface area contributed by atoms with Gasteiger partial charge in [-0.15, -0.1) is 0 Å². The Bertz CT molecular complexity index is 521. The molecule has 3 nitrogen and oxygen atoms in total. The van der Waals surface area contributed by atoms with E-state index >= 15 is 0 Å². The van der Waals surface area contributed by atoms with Crippen LogP contribution in [0.5, 0.6) is 0 Å². The molecule has 1 N–H and O–H groups in total. The van der Waals surface area contributed by atoms with Crippen molar-refractivity contribution in [2.24, 2.45) is 0 Å². The molecule has 0 aromatic heterocycles. The molecule has 2 rings (SSSR count). The van der Waals surface area contributed by atoms with Crippen molar-refractivity contribution >= 4 is 9.84 Å². The first-order chi connectivity index (χ1) is 8.96. The van der Waals surface area contributed by atoms with E-state index in [4.69, 9.17) is 0 Å². The quantitative estimate of drug-likeness (QED) is 0.834. The average Bonchev–Trinajstić information content (AvgIpc) is 3.13. The lowest BCUT2D eigenvalue weighted by molar-refractivity contribution is 0.554. The summed E-state index contributed by atoms with van der Waals surface area (Å²) >= 11 is 0. The third-order valence-electron chi connectivity index (χ3n) is 3.70. The van der Waals surface area contributed by atoms with Crippen molar-refractivity contribution < 1.29 is 8.42 Å². The SMILES string of the molecule is Cc1ccccc1C(CCS(C)(=O)=O)CNC1CC1. The van der Waals surface area contributed by atoms with Gasteiger partial charge in [0.1, 0.15) is 9.84 Å². The van der Waals surface area contributed by atoms with Crippen molar-refractivity contribution in [3.05, 3.63) is 35.4 Å². The van der Waals surface area contributed by atoms with Crippen LogP contribution in [0.2, 0.25) is 0 Å². The summed E-state index contributed by atoms with van der Waals surface area (Å²) in [4.78, 5) is 0. The number of nitrogens with one attached hydrogen (secondary N) is 1. The van der Waals surface area contributed by atoms with Gasteiger partial charge in [-0.05, 0) is 43.2 Å². The number of hydrogen-bond donors (Lipinski definition) is 1. The predicted octanol–water partition coefficient (Wildman–Crippen LogP) is 2.27. The molecule has 0 spiro atoms. The van der Waals surface area contributed by atoms with E-state index in [-0.39, 0.29) is 11.7 Å².